The van der Waals surface area contributed by atoms with Gasteiger partial charge in [0.25, 0.3) is 0 Å². The van der Waals surface area contributed by atoms with Crippen molar-refractivity contribution in [2.24, 2.45) is 5.73 Å². The van der Waals surface area contributed by atoms with E-state index in [9.17, 15) is 9.59 Å². The number of hydrogen-bond acceptors (Lipinski definition) is 5. The molecule has 4 N–H and O–H groups in total. The average molecular weight is 215 g/mol. The summed E-state index contributed by atoms with van der Waals surface area (Å²) in [6, 6.07) is 2.21. The van der Waals surface area contributed by atoms with Gasteiger partial charge in [-0.2, -0.15) is 10.5 Å². The summed E-state index contributed by atoms with van der Waals surface area (Å²) in [6.07, 6.45) is -0.532. The molecule has 0 aromatic rings. The van der Waals surface area contributed by atoms with Crippen LogP contribution in [0.1, 0.15) is 20.3 Å². The molecule has 15 heavy (non-hydrogen) atoms. The van der Waals surface area contributed by atoms with Crippen LogP contribution in [0.25, 0.3) is 0 Å². The molecule has 0 saturated heterocycles. The highest BCUT2D eigenvalue weighted by Crippen LogP contribution is 1.86. The molecule has 0 spiro atoms. The highest BCUT2D eigenvalue weighted by Gasteiger charge is 2.14. The molecule has 0 aliphatic rings. The van der Waals surface area contributed by atoms with Crippen molar-refractivity contribution in [3.05, 3.63) is 0 Å². The van der Waals surface area contributed by atoms with Gasteiger partial charge >= 0.3 is 11.9 Å². The zero-order valence-electron chi connectivity index (χ0n) is 8.47. The molecule has 0 aromatic heterocycles. The molecule has 0 aliphatic carbocycles. The summed E-state index contributed by atoms with van der Waals surface area (Å²) in [5.41, 5.74) is 4.84. The predicted molar refractivity (Wildman–Crippen MR) is 50.4 cm³/mol. The van der Waals surface area contributed by atoms with Crippen molar-refractivity contribution in [2.45, 2.75) is 26.3 Å². The van der Waals surface area contributed by atoms with E-state index in [1.165, 1.54) is 13.8 Å². The van der Waals surface area contributed by atoms with Crippen LogP contribution in [0.4, 0.5) is 0 Å². The van der Waals surface area contributed by atoms with E-state index in [2.05, 4.69) is 0 Å². The van der Waals surface area contributed by atoms with E-state index in [1.807, 2.05) is 0 Å². The highest BCUT2D eigenvalue weighted by molar-refractivity contribution is 5.80. The van der Waals surface area contributed by atoms with Gasteiger partial charge in [0, 0.05) is 13.8 Å². The Labute approximate surface area is 87.3 Å². The first kappa shape index (κ1) is 18.6. The summed E-state index contributed by atoms with van der Waals surface area (Å²) < 4.78 is 0. The number of rotatable bonds is 3. The molecule has 7 nitrogen and oxygen atoms in total. The van der Waals surface area contributed by atoms with Gasteiger partial charge in [-0.15, -0.1) is 0 Å². The minimum atomic E-state index is -1.29. The van der Waals surface area contributed by atoms with Crippen LogP contribution in [-0.2, 0) is 9.59 Å². The summed E-state index contributed by atoms with van der Waals surface area (Å²) in [6.45, 7) is 2.86. The van der Waals surface area contributed by atoms with Crippen molar-refractivity contribution in [2.75, 3.05) is 0 Å². The molecular weight excluding hydrogens is 202 g/mol. The van der Waals surface area contributed by atoms with Crippen molar-refractivity contribution < 1.29 is 19.8 Å². The van der Waals surface area contributed by atoms with Gasteiger partial charge in [-0.1, -0.05) is 0 Å². The van der Waals surface area contributed by atoms with Crippen molar-refractivity contribution in [1.82, 2.24) is 0 Å². The Morgan fingerprint density at radius 1 is 1.27 bits per heavy atom. The third-order valence-electron chi connectivity index (χ3n) is 0.712. The third-order valence-corrected chi connectivity index (χ3v) is 0.712. The molecule has 0 aliphatic heterocycles. The number of aliphatic carboxylic acids is 2. The second-order valence-electron chi connectivity index (χ2n) is 1.99. The molecule has 0 fully saturated rings. The molecule has 0 saturated carbocycles. The van der Waals surface area contributed by atoms with Gasteiger partial charge in [-0.3, -0.25) is 9.59 Å². The van der Waals surface area contributed by atoms with Crippen LogP contribution in [-0.4, -0.2) is 28.2 Å². The standard InChI is InChI=1S/C4H7NO4.2C2H3N/c5-2(4(8)9)1-3(6)7;2*1-2-3/h2H,1,5H2,(H,6,7)(H,8,9);2*1H3. The molecule has 0 heterocycles. The lowest BCUT2D eigenvalue weighted by atomic mass is 10.2. The number of nitrogens with two attached hydrogens (primary N) is 1. The summed E-state index contributed by atoms with van der Waals surface area (Å²) in [5.74, 6) is -2.50. The fraction of sp³-hybridized carbons (Fsp3) is 0.500. The molecule has 0 radical (unpaired) electrons. The van der Waals surface area contributed by atoms with Gasteiger partial charge in [0.2, 0.25) is 0 Å². The van der Waals surface area contributed by atoms with Crippen molar-refractivity contribution >= 4 is 11.9 Å². The lowest BCUT2D eigenvalue weighted by molar-refractivity contribution is -0.144. The van der Waals surface area contributed by atoms with Crippen molar-refractivity contribution in [1.29, 1.82) is 10.5 Å². The van der Waals surface area contributed by atoms with Gasteiger partial charge in [0.05, 0.1) is 18.6 Å². The number of nitriles is 2. The number of carbonyl (C=O) groups is 2. The smallest absolute Gasteiger partial charge is 0.321 e. The summed E-state index contributed by atoms with van der Waals surface area (Å²) >= 11 is 0. The molecule has 0 rings (SSSR count). The van der Waals surface area contributed by atoms with E-state index >= 15 is 0 Å². The second-order valence-corrected chi connectivity index (χ2v) is 1.99. The van der Waals surface area contributed by atoms with Gasteiger partial charge in [0.1, 0.15) is 6.04 Å². The fourth-order valence-electron chi connectivity index (χ4n) is 0.275. The maximum Gasteiger partial charge on any atom is 0.321 e. The Balaban J connectivity index is -0.000000200. The molecule has 1 atom stereocenters. The molecule has 0 bridgehead atoms. The van der Waals surface area contributed by atoms with Crippen LogP contribution < -0.4 is 5.73 Å². The van der Waals surface area contributed by atoms with Crippen LogP contribution in [0, 0.1) is 22.7 Å². The number of carboxylic acids is 2. The second kappa shape index (κ2) is 14.4. The van der Waals surface area contributed by atoms with Crippen molar-refractivity contribution in [3.63, 3.8) is 0 Å². The molecule has 0 amide bonds. The largest absolute Gasteiger partial charge is 0.481 e. The quantitative estimate of drug-likeness (QED) is 0.596. The van der Waals surface area contributed by atoms with Gasteiger partial charge in [0.15, 0.2) is 0 Å². The first-order valence-corrected chi connectivity index (χ1v) is 3.69. The molecule has 0 aromatic carbocycles. The molecule has 1 unspecified atom stereocenters. The van der Waals surface area contributed by atoms with Crippen LogP contribution in [0.2, 0.25) is 0 Å². The summed E-state index contributed by atoms with van der Waals surface area (Å²) in [4.78, 5) is 19.6. The lowest BCUT2D eigenvalue weighted by Gasteiger charge is -1.99. The lowest BCUT2D eigenvalue weighted by Crippen LogP contribution is -2.32. The van der Waals surface area contributed by atoms with Gasteiger partial charge in [-0.05, 0) is 0 Å². The normalized spacial score (nSPS) is 8.60. The Bertz CT molecular complexity index is 252. The van der Waals surface area contributed by atoms with E-state index in [4.69, 9.17) is 26.5 Å². The van der Waals surface area contributed by atoms with Crippen molar-refractivity contribution in [3.8, 4) is 12.1 Å². The monoisotopic (exact) mass is 215 g/mol. The molecule has 84 valence electrons. The average Bonchev–Trinajstić information content (AvgIpc) is 2.05. The summed E-state index contributed by atoms with van der Waals surface area (Å²) in [7, 11) is 0. The van der Waals surface area contributed by atoms with Crippen LogP contribution in [0.3, 0.4) is 0 Å². The predicted octanol–water partition coefficient (Wildman–Crippen LogP) is -0.0672. The maximum absolute atomic E-state index is 9.85. The Hall–Kier alpha value is -2.12. The van der Waals surface area contributed by atoms with E-state index in [-0.39, 0.29) is 0 Å². The Morgan fingerprint density at radius 3 is 1.60 bits per heavy atom. The van der Waals surface area contributed by atoms with Crippen LogP contribution >= 0.6 is 0 Å². The number of nitrogens with zero attached hydrogens (tertiary/aromatic N) is 2. The SMILES string of the molecule is CC#N.CC#N.NC(CC(=O)O)C(=O)O. The van der Waals surface area contributed by atoms with E-state index in [1.54, 1.807) is 12.1 Å². The first-order chi connectivity index (χ1) is 6.87. The van der Waals surface area contributed by atoms with E-state index in [0.717, 1.165) is 0 Å². The maximum atomic E-state index is 9.85. The summed E-state index contributed by atoms with van der Waals surface area (Å²) in [5, 5.41) is 30.7. The Morgan fingerprint density at radius 2 is 1.53 bits per heavy atom. The Kier molecular flexibility index (Phi) is 17.9. The molecule has 7 heteroatoms. The number of carboxylic acid groups (broad SMARTS) is 2. The topological polar surface area (TPSA) is 148 Å². The minimum Gasteiger partial charge on any atom is -0.481 e. The highest BCUT2D eigenvalue weighted by atomic mass is 16.4. The zero-order valence-corrected chi connectivity index (χ0v) is 8.47. The van der Waals surface area contributed by atoms with Gasteiger partial charge < -0.3 is 15.9 Å². The zero-order chi connectivity index (χ0) is 12.9. The first-order valence-electron chi connectivity index (χ1n) is 3.69. The fourth-order valence-corrected chi connectivity index (χ4v) is 0.275. The third kappa shape index (κ3) is 33.5. The van der Waals surface area contributed by atoms with Gasteiger partial charge in [-0.25, -0.2) is 0 Å². The van der Waals surface area contributed by atoms with Crippen LogP contribution in [0.15, 0.2) is 0 Å². The van der Waals surface area contributed by atoms with E-state index in [0.29, 0.717) is 0 Å². The van der Waals surface area contributed by atoms with Crippen LogP contribution in [0.5, 0.6) is 0 Å². The minimum absolute atomic E-state index is 0.532. The molecular formula is C8H13N3O4. The van der Waals surface area contributed by atoms with E-state index < -0.39 is 24.4 Å². The number of hydrogen-bond donors (Lipinski definition) is 3.